The van der Waals surface area contributed by atoms with E-state index >= 15 is 0 Å². The average molecular weight is 379 g/mol. The first-order chi connectivity index (χ1) is 13.7. The fraction of sp³-hybridized carbons (Fsp3) is 0.500. The third kappa shape index (κ3) is 3.63. The molecule has 5 rings (SSSR count). The van der Waals surface area contributed by atoms with Gasteiger partial charge in [0, 0.05) is 31.7 Å². The van der Waals surface area contributed by atoms with Crippen molar-refractivity contribution in [2.75, 3.05) is 33.0 Å². The van der Waals surface area contributed by atoms with Crippen molar-refractivity contribution in [3.8, 4) is 11.5 Å². The van der Waals surface area contributed by atoms with Crippen molar-refractivity contribution in [3.63, 3.8) is 0 Å². The van der Waals surface area contributed by atoms with Gasteiger partial charge in [-0.3, -0.25) is 9.80 Å². The lowest BCUT2D eigenvalue weighted by molar-refractivity contribution is 0.0864. The summed E-state index contributed by atoms with van der Waals surface area (Å²) in [6.45, 7) is 9.42. The quantitative estimate of drug-likeness (QED) is 0.796. The first-order valence-electron chi connectivity index (χ1n) is 10.6. The molecule has 3 heterocycles. The van der Waals surface area contributed by atoms with E-state index in [2.05, 4.69) is 53.1 Å². The van der Waals surface area contributed by atoms with Gasteiger partial charge in [0.25, 0.3) is 0 Å². The molecule has 2 fully saturated rings. The molecule has 28 heavy (non-hydrogen) atoms. The Kier molecular flexibility index (Phi) is 4.77. The van der Waals surface area contributed by atoms with Crippen LogP contribution in [0.25, 0.3) is 0 Å². The molecule has 1 atom stereocenters. The molecular weight excluding hydrogens is 348 g/mol. The van der Waals surface area contributed by atoms with Crippen LogP contribution in [0, 0.1) is 12.3 Å². The molecule has 1 spiro atoms. The molecule has 2 aromatic rings. The van der Waals surface area contributed by atoms with E-state index in [1.54, 1.807) is 0 Å². The maximum atomic E-state index is 5.71. The number of aryl methyl sites for hydroxylation is 1. The maximum absolute atomic E-state index is 5.71. The fourth-order valence-corrected chi connectivity index (χ4v) is 5.37. The van der Waals surface area contributed by atoms with Crippen LogP contribution in [0.5, 0.6) is 11.5 Å². The summed E-state index contributed by atoms with van der Waals surface area (Å²) < 4.78 is 11.3. The molecule has 3 aliphatic rings. The summed E-state index contributed by atoms with van der Waals surface area (Å²) in [5.41, 5.74) is 4.53. The van der Waals surface area contributed by atoms with Gasteiger partial charge in [-0.15, -0.1) is 0 Å². The Bertz CT molecular complexity index is 852. The summed E-state index contributed by atoms with van der Waals surface area (Å²) >= 11 is 0. The standard InChI is InChI=1S/C24H30N2O2/c1-19-5-2-6-20(13-19)14-25-11-4-9-24(16-25)10-12-26(17-24)15-21-7-3-8-22-23(21)28-18-27-22/h2-3,5-8,13H,4,9-12,14-18H2,1H3. The van der Waals surface area contributed by atoms with E-state index in [1.165, 1.54) is 62.1 Å². The molecule has 0 radical (unpaired) electrons. The molecule has 0 saturated carbocycles. The fourth-order valence-electron chi connectivity index (χ4n) is 5.37. The third-order valence-electron chi connectivity index (χ3n) is 6.62. The molecular formula is C24H30N2O2. The van der Waals surface area contributed by atoms with Crippen molar-refractivity contribution in [2.45, 2.75) is 39.3 Å². The highest BCUT2D eigenvalue weighted by Gasteiger charge is 2.41. The van der Waals surface area contributed by atoms with Gasteiger partial charge in [-0.25, -0.2) is 0 Å². The zero-order valence-corrected chi connectivity index (χ0v) is 16.8. The van der Waals surface area contributed by atoms with E-state index < -0.39 is 0 Å². The summed E-state index contributed by atoms with van der Waals surface area (Å²) in [6.07, 6.45) is 3.99. The number of fused-ring (bicyclic) bond motifs is 1. The number of likely N-dealkylation sites (tertiary alicyclic amines) is 2. The second kappa shape index (κ2) is 7.41. The second-order valence-corrected chi connectivity index (χ2v) is 8.91. The third-order valence-corrected chi connectivity index (χ3v) is 6.62. The predicted octanol–water partition coefficient (Wildman–Crippen LogP) is 4.21. The van der Waals surface area contributed by atoms with Crippen LogP contribution in [0.15, 0.2) is 42.5 Å². The van der Waals surface area contributed by atoms with Gasteiger partial charge in [-0.05, 0) is 56.3 Å². The summed E-state index contributed by atoms with van der Waals surface area (Å²) in [4.78, 5) is 5.30. The molecule has 0 amide bonds. The van der Waals surface area contributed by atoms with Crippen LogP contribution in [-0.2, 0) is 13.1 Å². The van der Waals surface area contributed by atoms with E-state index in [9.17, 15) is 0 Å². The van der Waals surface area contributed by atoms with Crippen LogP contribution in [0.3, 0.4) is 0 Å². The molecule has 1 unspecified atom stereocenters. The molecule has 0 N–H and O–H groups in total. The molecule has 2 aromatic carbocycles. The lowest BCUT2D eigenvalue weighted by Gasteiger charge is -2.40. The van der Waals surface area contributed by atoms with Gasteiger partial charge in [-0.2, -0.15) is 0 Å². The Balaban J connectivity index is 1.24. The Morgan fingerprint density at radius 1 is 0.929 bits per heavy atom. The number of piperidine rings is 1. The maximum Gasteiger partial charge on any atom is 0.231 e. The normalized spacial score (nSPS) is 24.9. The number of nitrogens with zero attached hydrogens (tertiary/aromatic N) is 2. The monoisotopic (exact) mass is 378 g/mol. The summed E-state index contributed by atoms with van der Waals surface area (Å²) in [6, 6.07) is 15.2. The smallest absolute Gasteiger partial charge is 0.231 e. The van der Waals surface area contributed by atoms with Crippen LogP contribution in [0.4, 0.5) is 0 Å². The van der Waals surface area contributed by atoms with Crippen LogP contribution < -0.4 is 9.47 Å². The number of para-hydroxylation sites is 1. The molecule has 2 saturated heterocycles. The van der Waals surface area contributed by atoms with Gasteiger partial charge in [0.2, 0.25) is 6.79 Å². The largest absolute Gasteiger partial charge is 0.454 e. The van der Waals surface area contributed by atoms with Crippen molar-refractivity contribution in [1.29, 1.82) is 0 Å². The van der Waals surface area contributed by atoms with Crippen molar-refractivity contribution in [1.82, 2.24) is 9.80 Å². The zero-order chi connectivity index (χ0) is 19.0. The van der Waals surface area contributed by atoms with Crippen LogP contribution >= 0.6 is 0 Å². The molecule has 0 aliphatic carbocycles. The van der Waals surface area contributed by atoms with Gasteiger partial charge in [-0.1, -0.05) is 42.0 Å². The predicted molar refractivity (Wildman–Crippen MR) is 111 cm³/mol. The molecule has 0 bridgehead atoms. The summed E-state index contributed by atoms with van der Waals surface area (Å²) in [5, 5.41) is 0. The number of ether oxygens (including phenoxy) is 2. The number of hydrogen-bond donors (Lipinski definition) is 0. The Morgan fingerprint density at radius 2 is 1.79 bits per heavy atom. The van der Waals surface area contributed by atoms with Crippen LogP contribution in [0.1, 0.15) is 36.0 Å². The minimum Gasteiger partial charge on any atom is -0.454 e. The van der Waals surface area contributed by atoms with Gasteiger partial charge in [0.05, 0.1) is 0 Å². The van der Waals surface area contributed by atoms with E-state index in [-0.39, 0.29) is 0 Å². The average Bonchev–Trinajstić information content (AvgIpc) is 3.30. The highest BCUT2D eigenvalue weighted by molar-refractivity contribution is 5.48. The van der Waals surface area contributed by atoms with E-state index in [0.29, 0.717) is 12.2 Å². The Morgan fingerprint density at radius 3 is 2.68 bits per heavy atom. The molecule has 4 heteroatoms. The Labute approximate surface area is 168 Å². The SMILES string of the molecule is Cc1cccc(CN2CCCC3(CCN(Cc4cccc5c4OCO5)C3)C2)c1. The first kappa shape index (κ1) is 18.0. The zero-order valence-electron chi connectivity index (χ0n) is 16.8. The van der Waals surface area contributed by atoms with Crippen LogP contribution in [0.2, 0.25) is 0 Å². The topological polar surface area (TPSA) is 24.9 Å². The second-order valence-electron chi connectivity index (χ2n) is 8.91. The number of benzene rings is 2. The van der Waals surface area contributed by atoms with E-state index in [1.807, 2.05) is 6.07 Å². The van der Waals surface area contributed by atoms with Crippen molar-refractivity contribution >= 4 is 0 Å². The van der Waals surface area contributed by atoms with Gasteiger partial charge < -0.3 is 9.47 Å². The van der Waals surface area contributed by atoms with Gasteiger partial charge in [0.15, 0.2) is 11.5 Å². The Hall–Kier alpha value is -2.04. The highest BCUT2D eigenvalue weighted by Crippen LogP contribution is 2.41. The molecule has 148 valence electrons. The number of hydrogen-bond acceptors (Lipinski definition) is 4. The molecule has 3 aliphatic heterocycles. The van der Waals surface area contributed by atoms with Crippen molar-refractivity contribution in [3.05, 3.63) is 59.2 Å². The van der Waals surface area contributed by atoms with E-state index in [0.717, 1.165) is 24.6 Å². The van der Waals surface area contributed by atoms with Crippen molar-refractivity contribution < 1.29 is 9.47 Å². The lowest BCUT2D eigenvalue weighted by atomic mass is 9.79. The summed E-state index contributed by atoms with van der Waals surface area (Å²) in [5.74, 6) is 1.85. The van der Waals surface area contributed by atoms with Crippen LogP contribution in [-0.4, -0.2) is 42.8 Å². The summed E-state index contributed by atoms with van der Waals surface area (Å²) in [7, 11) is 0. The lowest BCUT2D eigenvalue weighted by Crippen LogP contribution is -2.44. The van der Waals surface area contributed by atoms with Gasteiger partial charge in [0.1, 0.15) is 0 Å². The van der Waals surface area contributed by atoms with Crippen molar-refractivity contribution in [2.24, 2.45) is 5.41 Å². The molecule has 4 nitrogen and oxygen atoms in total. The minimum absolute atomic E-state index is 0.351. The van der Waals surface area contributed by atoms with Gasteiger partial charge >= 0.3 is 0 Å². The molecule has 0 aromatic heterocycles. The number of rotatable bonds is 4. The van der Waals surface area contributed by atoms with E-state index in [4.69, 9.17) is 9.47 Å². The minimum atomic E-state index is 0.351. The first-order valence-corrected chi connectivity index (χ1v) is 10.6. The highest BCUT2D eigenvalue weighted by atomic mass is 16.7.